The van der Waals surface area contributed by atoms with E-state index in [1.807, 2.05) is 0 Å². The van der Waals surface area contributed by atoms with Gasteiger partial charge in [0, 0.05) is 25.6 Å². The van der Waals surface area contributed by atoms with E-state index >= 15 is 0 Å². The molecule has 0 aromatic heterocycles. The van der Waals surface area contributed by atoms with Crippen molar-refractivity contribution in [3.05, 3.63) is 35.4 Å². The van der Waals surface area contributed by atoms with Gasteiger partial charge in [0.1, 0.15) is 17.5 Å². The van der Waals surface area contributed by atoms with Crippen molar-refractivity contribution in [2.45, 2.75) is 37.6 Å². The summed E-state index contributed by atoms with van der Waals surface area (Å²) in [5.41, 5.74) is 8.05. The lowest BCUT2D eigenvalue weighted by atomic mass is 10.0. The predicted molar refractivity (Wildman–Crippen MR) is 91.0 cm³/mol. The summed E-state index contributed by atoms with van der Waals surface area (Å²) in [7, 11) is 0. The van der Waals surface area contributed by atoms with Crippen LogP contribution in [0.25, 0.3) is 0 Å². The summed E-state index contributed by atoms with van der Waals surface area (Å²) in [4.78, 5) is 15.0. The zero-order valence-electron chi connectivity index (χ0n) is 14.8. The van der Waals surface area contributed by atoms with Crippen LogP contribution < -0.4 is 11.2 Å². The molecular formula is C17H20F5N5O. The molecular weight excluding hydrogens is 385 g/mol. The van der Waals surface area contributed by atoms with Gasteiger partial charge in [0.25, 0.3) is 0 Å². The molecule has 2 atom stereocenters. The lowest BCUT2D eigenvalue weighted by molar-refractivity contribution is -0.177. The quantitative estimate of drug-likeness (QED) is 0.746. The van der Waals surface area contributed by atoms with E-state index in [9.17, 15) is 26.7 Å². The number of hydrogen-bond acceptors (Lipinski definition) is 5. The number of fused-ring (bicyclic) bond motifs is 1. The first kappa shape index (κ1) is 20.3. The van der Waals surface area contributed by atoms with E-state index in [4.69, 9.17) is 5.73 Å². The summed E-state index contributed by atoms with van der Waals surface area (Å²) in [5, 5.41) is 3.72. The molecule has 1 unspecified atom stereocenters. The molecule has 2 aliphatic rings. The predicted octanol–water partition coefficient (Wildman–Crippen LogP) is 1.56. The van der Waals surface area contributed by atoms with Gasteiger partial charge in [-0.3, -0.25) is 10.2 Å². The molecule has 1 fully saturated rings. The standard InChI is InChI=1S/C17H20F5N5O/c18-11-2-3-13(19)10(6-11)7-12(23)8-15(28)26-4-1-5-27-14(9-26)24-25-16(27)17(20,21)22/h2-3,6,12,16,25H,1,4-5,7-9,23H2/t12-,16?/m1/s1. The van der Waals surface area contributed by atoms with Crippen LogP contribution in [0.3, 0.4) is 0 Å². The maximum absolute atomic E-state index is 13.7. The van der Waals surface area contributed by atoms with Crippen LogP contribution in [0.1, 0.15) is 18.4 Å². The van der Waals surface area contributed by atoms with E-state index in [1.165, 1.54) is 4.90 Å². The maximum Gasteiger partial charge on any atom is 0.428 e. The van der Waals surface area contributed by atoms with Crippen molar-refractivity contribution in [3.8, 4) is 0 Å². The van der Waals surface area contributed by atoms with Crippen LogP contribution in [0, 0.1) is 11.6 Å². The first-order valence-electron chi connectivity index (χ1n) is 8.78. The van der Waals surface area contributed by atoms with Gasteiger partial charge in [0.2, 0.25) is 12.1 Å². The smallest absolute Gasteiger partial charge is 0.335 e. The lowest BCUT2D eigenvalue weighted by Gasteiger charge is -2.27. The molecule has 0 aliphatic carbocycles. The van der Waals surface area contributed by atoms with E-state index in [0.29, 0.717) is 6.42 Å². The fraction of sp³-hybridized carbons (Fsp3) is 0.529. The number of carbonyl (C=O) groups excluding carboxylic acids is 1. The number of rotatable bonds is 4. The average molecular weight is 405 g/mol. The Kier molecular flexibility index (Phi) is 5.73. The normalized spacial score (nSPS) is 20.9. The molecule has 1 aromatic rings. The number of hydrogen-bond donors (Lipinski definition) is 2. The number of amidine groups is 1. The fourth-order valence-corrected chi connectivity index (χ4v) is 3.36. The number of hydrazone groups is 1. The van der Waals surface area contributed by atoms with Crippen LogP contribution in [0.15, 0.2) is 23.3 Å². The summed E-state index contributed by atoms with van der Waals surface area (Å²) < 4.78 is 66.1. The Morgan fingerprint density at radius 2 is 2.07 bits per heavy atom. The minimum atomic E-state index is -4.48. The number of alkyl halides is 3. The molecule has 0 bridgehead atoms. The molecule has 154 valence electrons. The van der Waals surface area contributed by atoms with Gasteiger partial charge in [-0.25, -0.2) is 8.78 Å². The number of nitrogens with one attached hydrogen (secondary N) is 1. The Morgan fingerprint density at radius 1 is 1.32 bits per heavy atom. The van der Waals surface area contributed by atoms with Gasteiger partial charge in [-0.15, -0.1) is 0 Å². The van der Waals surface area contributed by atoms with Gasteiger partial charge >= 0.3 is 6.18 Å². The second-order valence-electron chi connectivity index (χ2n) is 6.87. The monoisotopic (exact) mass is 405 g/mol. The van der Waals surface area contributed by atoms with Gasteiger partial charge in [-0.05, 0) is 36.6 Å². The van der Waals surface area contributed by atoms with Crippen LogP contribution in [0.4, 0.5) is 22.0 Å². The minimum absolute atomic E-state index is 0.0338. The Bertz CT molecular complexity index is 769. The van der Waals surface area contributed by atoms with Crippen molar-refractivity contribution in [2.24, 2.45) is 10.8 Å². The van der Waals surface area contributed by atoms with Crippen molar-refractivity contribution >= 4 is 11.7 Å². The summed E-state index contributed by atoms with van der Waals surface area (Å²) in [5.74, 6) is -1.45. The van der Waals surface area contributed by atoms with Crippen molar-refractivity contribution in [1.82, 2.24) is 15.2 Å². The third-order valence-electron chi connectivity index (χ3n) is 4.71. The highest BCUT2D eigenvalue weighted by Gasteiger charge is 2.48. The molecule has 11 heteroatoms. The first-order valence-corrected chi connectivity index (χ1v) is 8.78. The van der Waals surface area contributed by atoms with Crippen LogP contribution in [-0.2, 0) is 11.2 Å². The molecule has 3 rings (SSSR count). The molecule has 28 heavy (non-hydrogen) atoms. The van der Waals surface area contributed by atoms with E-state index in [1.54, 1.807) is 0 Å². The number of benzene rings is 1. The topological polar surface area (TPSA) is 74.0 Å². The number of carbonyl (C=O) groups is 1. The molecule has 0 saturated carbocycles. The van der Waals surface area contributed by atoms with Gasteiger partial charge < -0.3 is 15.5 Å². The zero-order valence-corrected chi connectivity index (χ0v) is 14.8. The minimum Gasteiger partial charge on any atom is -0.335 e. The lowest BCUT2D eigenvalue weighted by Crippen LogP contribution is -2.51. The Morgan fingerprint density at radius 3 is 2.79 bits per heavy atom. The van der Waals surface area contributed by atoms with Gasteiger partial charge in [-0.2, -0.15) is 18.3 Å². The maximum atomic E-state index is 13.7. The molecule has 0 spiro atoms. The number of halogens is 5. The van der Waals surface area contributed by atoms with Gasteiger partial charge in [0.05, 0.1) is 6.54 Å². The molecule has 1 saturated heterocycles. The number of nitrogens with two attached hydrogens (primary N) is 1. The summed E-state index contributed by atoms with van der Waals surface area (Å²) in [6, 6.07) is 2.25. The molecule has 2 heterocycles. The van der Waals surface area contributed by atoms with E-state index in [0.717, 1.165) is 23.1 Å². The number of amides is 1. The zero-order chi connectivity index (χ0) is 20.5. The van der Waals surface area contributed by atoms with Crippen molar-refractivity contribution < 1.29 is 26.7 Å². The van der Waals surface area contributed by atoms with E-state index < -0.39 is 30.0 Å². The third kappa shape index (κ3) is 4.51. The molecule has 2 aliphatic heterocycles. The summed E-state index contributed by atoms with van der Waals surface area (Å²) in [6.07, 6.45) is -6.21. The second kappa shape index (κ2) is 7.90. The SMILES string of the molecule is N[C@@H](CC(=O)N1CCCN2C(=NNC2C(F)(F)F)C1)Cc1cc(F)ccc1F. The van der Waals surface area contributed by atoms with E-state index in [2.05, 4.69) is 10.5 Å². The second-order valence-corrected chi connectivity index (χ2v) is 6.87. The highest BCUT2D eigenvalue weighted by atomic mass is 19.4. The highest BCUT2D eigenvalue weighted by molar-refractivity contribution is 5.90. The van der Waals surface area contributed by atoms with Crippen LogP contribution in [0.5, 0.6) is 0 Å². The van der Waals surface area contributed by atoms with Crippen LogP contribution in [-0.4, -0.2) is 59.6 Å². The van der Waals surface area contributed by atoms with Gasteiger partial charge in [-0.1, -0.05) is 0 Å². The Balaban J connectivity index is 1.60. The van der Waals surface area contributed by atoms with Crippen molar-refractivity contribution in [3.63, 3.8) is 0 Å². The van der Waals surface area contributed by atoms with Gasteiger partial charge in [0.15, 0.2) is 0 Å². The molecule has 3 N–H and O–H groups in total. The van der Waals surface area contributed by atoms with Crippen molar-refractivity contribution in [1.29, 1.82) is 0 Å². The largest absolute Gasteiger partial charge is 0.428 e. The molecule has 0 radical (unpaired) electrons. The van der Waals surface area contributed by atoms with Crippen LogP contribution >= 0.6 is 0 Å². The number of nitrogens with zero attached hydrogens (tertiary/aromatic N) is 3. The van der Waals surface area contributed by atoms with E-state index in [-0.39, 0.29) is 49.8 Å². The summed E-state index contributed by atoms with van der Waals surface area (Å²) in [6.45, 7) is 0.305. The highest BCUT2D eigenvalue weighted by Crippen LogP contribution is 2.27. The van der Waals surface area contributed by atoms with Crippen LogP contribution in [0.2, 0.25) is 0 Å². The molecule has 6 nitrogen and oxygen atoms in total. The summed E-state index contributed by atoms with van der Waals surface area (Å²) >= 11 is 0. The first-order chi connectivity index (χ1) is 13.1. The Labute approximate surface area is 158 Å². The van der Waals surface area contributed by atoms with Crippen molar-refractivity contribution in [2.75, 3.05) is 19.6 Å². The molecule has 1 amide bonds. The fourth-order valence-electron chi connectivity index (χ4n) is 3.36. The Hall–Kier alpha value is -2.43. The average Bonchev–Trinajstić information content (AvgIpc) is 2.89. The third-order valence-corrected chi connectivity index (χ3v) is 4.71. The molecule has 1 aromatic carbocycles.